The zero-order chi connectivity index (χ0) is 15.4. The molecular weight excluding hydrogens is 384 g/mol. The summed E-state index contributed by atoms with van der Waals surface area (Å²) in [5, 5.41) is 2.83. The van der Waals surface area contributed by atoms with Gasteiger partial charge in [-0.2, -0.15) is 0 Å². The minimum atomic E-state index is -0.542. The van der Waals surface area contributed by atoms with E-state index in [9.17, 15) is 9.18 Å². The molecule has 1 aromatic heterocycles. The zero-order valence-corrected chi connectivity index (χ0v) is 13.8. The first-order valence-electron chi connectivity index (χ1n) is 6.95. The maximum atomic E-state index is 13.3. The van der Waals surface area contributed by atoms with Crippen LogP contribution in [0.1, 0.15) is 30.5 Å². The second-order valence-electron chi connectivity index (χ2n) is 5.31. The van der Waals surface area contributed by atoms with Gasteiger partial charge in [-0.15, -0.1) is 0 Å². The van der Waals surface area contributed by atoms with E-state index in [0.29, 0.717) is 21.6 Å². The van der Waals surface area contributed by atoms with E-state index in [1.807, 2.05) is 0 Å². The standard InChI is InChI=1S/C15H19FIN3O/c1-9(16)11-3-2-6-19-14(11)8-20-15(21)10-4-5-12(17)13(18)7-10/h2-3,6,10,12-13H,1,4-5,7-8,18H2,(H,20,21). The number of carbonyl (C=O) groups is 1. The summed E-state index contributed by atoms with van der Waals surface area (Å²) in [5.74, 6) is -0.638. The number of pyridine rings is 1. The van der Waals surface area contributed by atoms with Crippen molar-refractivity contribution in [1.82, 2.24) is 10.3 Å². The second-order valence-corrected chi connectivity index (χ2v) is 6.91. The molecule has 6 heteroatoms. The van der Waals surface area contributed by atoms with Gasteiger partial charge in [0.1, 0.15) is 5.83 Å². The molecule has 0 bridgehead atoms. The minimum absolute atomic E-state index is 0.0326. The van der Waals surface area contributed by atoms with E-state index >= 15 is 0 Å². The van der Waals surface area contributed by atoms with Gasteiger partial charge in [0, 0.05) is 27.6 Å². The van der Waals surface area contributed by atoms with Gasteiger partial charge in [-0.1, -0.05) is 29.2 Å². The Hall–Kier alpha value is -1.02. The highest BCUT2D eigenvalue weighted by Gasteiger charge is 2.30. The average Bonchev–Trinajstić information content (AvgIpc) is 2.47. The van der Waals surface area contributed by atoms with E-state index in [2.05, 4.69) is 39.5 Å². The summed E-state index contributed by atoms with van der Waals surface area (Å²) in [6.07, 6.45) is 4.07. The summed E-state index contributed by atoms with van der Waals surface area (Å²) < 4.78 is 13.7. The van der Waals surface area contributed by atoms with E-state index in [-0.39, 0.29) is 24.4 Å². The molecule has 0 saturated heterocycles. The average molecular weight is 403 g/mol. The van der Waals surface area contributed by atoms with Gasteiger partial charge in [-0.3, -0.25) is 9.78 Å². The lowest BCUT2D eigenvalue weighted by Crippen LogP contribution is -2.42. The third kappa shape index (κ3) is 4.23. The first-order valence-corrected chi connectivity index (χ1v) is 8.19. The van der Waals surface area contributed by atoms with Crippen LogP contribution in [0.2, 0.25) is 0 Å². The topological polar surface area (TPSA) is 68.0 Å². The van der Waals surface area contributed by atoms with Crippen LogP contribution in [-0.4, -0.2) is 20.9 Å². The second kappa shape index (κ2) is 7.31. The number of hydrogen-bond donors (Lipinski definition) is 2. The molecular formula is C15H19FIN3O. The van der Waals surface area contributed by atoms with Gasteiger partial charge < -0.3 is 11.1 Å². The molecule has 0 aliphatic heterocycles. The maximum Gasteiger partial charge on any atom is 0.223 e. The number of alkyl halides is 1. The molecule has 1 aliphatic rings. The normalized spacial score (nSPS) is 25.4. The highest BCUT2D eigenvalue weighted by atomic mass is 127. The van der Waals surface area contributed by atoms with Crippen LogP contribution in [0, 0.1) is 5.92 Å². The van der Waals surface area contributed by atoms with Crippen LogP contribution in [0.3, 0.4) is 0 Å². The molecule has 1 amide bonds. The lowest BCUT2D eigenvalue weighted by Gasteiger charge is -2.29. The largest absolute Gasteiger partial charge is 0.350 e. The number of aromatic nitrogens is 1. The highest BCUT2D eigenvalue weighted by Crippen LogP contribution is 2.28. The zero-order valence-electron chi connectivity index (χ0n) is 11.7. The van der Waals surface area contributed by atoms with Crippen LogP contribution in [0.15, 0.2) is 24.9 Å². The van der Waals surface area contributed by atoms with Crippen LogP contribution in [0.25, 0.3) is 5.83 Å². The van der Waals surface area contributed by atoms with Gasteiger partial charge in [0.2, 0.25) is 5.91 Å². The molecule has 1 saturated carbocycles. The maximum absolute atomic E-state index is 13.3. The molecule has 21 heavy (non-hydrogen) atoms. The number of nitrogens with one attached hydrogen (secondary N) is 1. The van der Waals surface area contributed by atoms with Crippen LogP contribution in [0.5, 0.6) is 0 Å². The summed E-state index contributed by atoms with van der Waals surface area (Å²) in [4.78, 5) is 16.3. The number of hydrogen-bond acceptors (Lipinski definition) is 3. The number of amides is 1. The molecule has 3 N–H and O–H groups in total. The Morgan fingerprint density at radius 1 is 1.57 bits per heavy atom. The van der Waals surface area contributed by atoms with Crippen molar-refractivity contribution < 1.29 is 9.18 Å². The van der Waals surface area contributed by atoms with E-state index in [1.165, 1.54) is 0 Å². The molecule has 1 aromatic rings. The summed E-state index contributed by atoms with van der Waals surface area (Å²) in [5.41, 5.74) is 6.85. The summed E-state index contributed by atoms with van der Waals surface area (Å²) in [7, 11) is 0. The van der Waals surface area contributed by atoms with Crippen molar-refractivity contribution in [3.8, 4) is 0 Å². The van der Waals surface area contributed by atoms with E-state index < -0.39 is 5.83 Å². The molecule has 1 fully saturated rings. The fourth-order valence-corrected chi connectivity index (χ4v) is 3.20. The lowest BCUT2D eigenvalue weighted by molar-refractivity contribution is -0.126. The van der Waals surface area contributed by atoms with Crippen LogP contribution in [0.4, 0.5) is 4.39 Å². The van der Waals surface area contributed by atoms with Crippen LogP contribution < -0.4 is 11.1 Å². The first-order chi connectivity index (χ1) is 9.99. The Labute approximate surface area is 137 Å². The molecule has 0 radical (unpaired) electrons. The summed E-state index contributed by atoms with van der Waals surface area (Å²) >= 11 is 2.34. The summed E-state index contributed by atoms with van der Waals surface area (Å²) in [6.45, 7) is 3.49. The monoisotopic (exact) mass is 403 g/mol. The third-order valence-corrected chi connectivity index (χ3v) is 5.34. The molecule has 3 unspecified atom stereocenters. The fourth-order valence-electron chi connectivity index (χ4n) is 2.55. The van der Waals surface area contributed by atoms with Crippen molar-refractivity contribution in [1.29, 1.82) is 0 Å². The molecule has 1 heterocycles. The molecule has 0 spiro atoms. The van der Waals surface area contributed by atoms with Gasteiger partial charge in [0.25, 0.3) is 0 Å². The van der Waals surface area contributed by atoms with Crippen molar-refractivity contribution in [2.45, 2.75) is 35.8 Å². The van der Waals surface area contributed by atoms with Crippen molar-refractivity contribution in [2.24, 2.45) is 11.7 Å². The smallest absolute Gasteiger partial charge is 0.223 e. The third-order valence-electron chi connectivity index (χ3n) is 3.80. The van der Waals surface area contributed by atoms with Crippen LogP contribution >= 0.6 is 22.6 Å². The van der Waals surface area contributed by atoms with Crippen molar-refractivity contribution in [3.63, 3.8) is 0 Å². The van der Waals surface area contributed by atoms with Gasteiger partial charge >= 0.3 is 0 Å². The SMILES string of the molecule is C=C(F)c1cccnc1CNC(=O)C1CCC(I)C(N)C1. The van der Waals surface area contributed by atoms with Crippen molar-refractivity contribution in [2.75, 3.05) is 0 Å². The lowest BCUT2D eigenvalue weighted by atomic mass is 9.85. The Balaban J connectivity index is 1.94. The first kappa shape index (κ1) is 16.4. The number of halogens is 2. The quantitative estimate of drug-likeness (QED) is 0.600. The number of rotatable bonds is 4. The minimum Gasteiger partial charge on any atom is -0.350 e. The Morgan fingerprint density at radius 2 is 2.33 bits per heavy atom. The predicted octanol–water partition coefficient (Wildman–Crippen LogP) is 2.57. The Bertz CT molecular complexity index is 537. The number of nitrogens with zero attached hydrogens (tertiary/aromatic N) is 1. The van der Waals surface area contributed by atoms with Gasteiger partial charge in [-0.25, -0.2) is 4.39 Å². The molecule has 2 rings (SSSR count). The summed E-state index contributed by atoms with van der Waals surface area (Å²) in [6, 6.07) is 3.31. The molecule has 114 valence electrons. The van der Waals surface area contributed by atoms with Crippen molar-refractivity contribution in [3.05, 3.63) is 36.2 Å². The number of nitrogens with two attached hydrogens (primary N) is 1. The predicted molar refractivity (Wildman–Crippen MR) is 89.4 cm³/mol. The van der Waals surface area contributed by atoms with E-state index in [4.69, 9.17) is 5.73 Å². The molecule has 1 aliphatic carbocycles. The Morgan fingerprint density at radius 3 is 3.00 bits per heavy atom. The van der Waals surface area contributed by atoms with Gasteiger partial charge in [0.15, 0.2) is 0 Å². The van der Waals surface area contributed by atoms with E-state index in [1.54, 1.807) is 18.3 Å². The van der Waals surface area contributed by atoms with Gasteiger partial charge in [-0.05, 0) is 31.4 Å². The van der Waals surface area contributed by atoms with Crippen LogP contribution in [-0.2, 0) is 11.3 Å². The molecule has 3 atom stereocenters. The highest BCUT2D eigenvalue weighted by molar-refractivity contribution is 14.1. The Kier molecular flexibility index (Phi) is 5.69. The molecule has 4 nitrogen and oxygen atoms in total. The number of carbonyl (C=O) groups excluding carboxylic acids is 1. The van der Waals surface area contributed by atoms with E-state index in [0.717, 1.165) is 12.8 Å². The fraction of sp³-hybridized carbons (Fsp3) is 0.467. The molecule has 0 aromatic carbocycles. The van der Waals surface area contributed by atoms with Gasteiger partial charge in [0.05, 0.1) is 12.2 Å². The van der Waals surface area contributed by atoms with Crippen molar-refractivity contribution >= 4 is 34.3 Å².